The first kappa shape index (κ1) is 18.5. The zero-order valence-corrected chi connectivity index (χ0v) is 16.4. The molecule has 2 aromatic rings. The number of benzene rings is 1. The molecule has 2 heterocycles. The number of guanidine groups is 1. The van der Waals surface area contributed by atoms with Gasteiger partial charge in [0.25, 0.3) is 0 Å². The predicted molar refractivity (Wildman–Crippen MR) is 107 cm³/mol. The van der Waals surface area contributed by atoms with Gasteiger partial charge in [0.15, 0.2) is 5.96 Å². The molecule has 0 spiro atoms. The van der Waals surface area contributed by atoms with E-state index in [9.17, 15) is 0 Å². The van der Waals surface area contributed by atoms with E-state index < -0.39 is 0 Å². The molecular formula is C16H24IN7. The van der Waals surface area contributed by atoms with Crippen LogP contribution in [0.25, 0.3) is 0 Å². The van der Waals surface area contributed by atoms with E-state index in [4.69, 9.17) is 0 Å². The van der Waals surface area contributed by atoms with Crippen LogP contribution in [0.4, 0.5) is 5.69 Å². The number of para-hydroxylation sites is 1. The molecule has 3 rings (SSSR count). The zero-order chi connectivity index (χ0) is 16.1. The first-order chi connectivity index (χ1) is 11.3. The van der Waals surface area contributed by atoms with E-state index in [1.807, 2.05) is 14.1 Å². The Morgan fingerprint density at radius 3 is 2.46 bits per heavy atom. The lowest BCUT2D eigenvalue weighted by Gasteiger charge is -2.37. The molecule has 0 atom stereocenters. The largest absolute Gasteiger partial charge is 0.368 e. The van der Waals surface area contributed by atoms with Crippen molar-refractivity contribution in [2.24, 2.45) is 12.0 Å². The van der Waals surface area contributed by atoms with Gasteiger partial charge in [-0.15, -0.1) is 24.0 Å². The normalized spacial score (nSPS) is 15.2. The zero-order valence-electron chi connectivity index (χ0n) is 14.1. The fraction of sp³-hybridized carbons (Fsp3) is 0.438. The number of rotatable bonds is 3. The standard InChI is InChI=1S/C16H23N7.HI/c1-17-16(18-12-15-19-13-20-21(15)2)23-10-8-22(9-11-23)14-6-4-3-5-7-14;/h3-7,13H,8-12H2,1-2H3,(H,17,18);1H. The van der Waals surface area contributed by atoms with Gasteiger partial charge in [0.1, 0.15) is 12.2 Å². The number of nitrogens with one attached hydrogen (secondary N) is 1. The van der Waals surface area contributed by atoms with Gasteiger partial charge in [-0.05, 0) is 12.1 Å². The van der Waals surface area contributed by atoms with E-state index in [1.54, 1.807) is 11.0 Å². The number of halogens is 1. The lowest BCUT2D eigenvalue weighted by Crippen LogP contribution is -2.52. The van der Waals surface area contributed by atoms with Crippen molar-refractivity contribution in [2.45, 2.75) is 6.54 Å². The van der Waals surface area contributed by atoms with Crippen molar-refractivity contribution in [3.8, 4) is 0 Å². The summed E-state index contributed by atoms with van der Waals surface area (Å²) in [6.07, 6.45) is 1.57. The second kappa shape index (κ2) is 8.86. The van der Waals surface area contributed by atoms with Crippen LogP contribution < -0.4 is 10.2 Å². The van der Waals surface area contributed by atoms with Crippen molar-refractivity contribution < 1.29 is 0 Å². The Kier molecular flexibility index (Phi) is 6.83. The third kappa shape index (κ3) is 4.37. The molecule has 1 aromatic heterocycles. The molecule has 1 N–H and O–H groups in total. The lowest BCUT2D eigenvalue weighted by atomic mass is 10.2. The van der Waals surface area contributed by atoms with Crippen molar-refractivity contribution in [1.82, 2.24) is 25.0 Å². The Balaban J connectivity index is 0.00000208. The van der Waals surface area contributed by atoms with Gasteiger partial charge in [-0.3, -0.25) is 9.67 Å². The fourth-order valence-electron chi connectivity index (χ4n) is 2.79. The molecule has 0 aliphatic carbocycles. The smallest absolute Gasteiger partial charge is 0.194 e. The highest BCUT2D eigenvalue weighted by atomic mass is 127. The third-order valence-corrected chi connectivity index (χ3v) is 4.12. The van der Waals surface area contributed by atoms with E-state index in [2.05, 4.69) is 60.5 Å². The predicted octanol–water partition coefficient (Wildman–Crippen LogP) is 1.33. The van der Waals surface area contributed by atoms with Gasteiger partial charge in [0.05, 0.1) is 6.54 Å². The van der Waals surface area contributed by atoms with Crippen molar-refractivity contribution in [1.29, 1.82) is 0 Å². The number of anilines is 1. The second-order valence-corrected chi connectivity index (χ2v) is 5.51. The number of aliphatic imine (C=N–C) groups is 1. The summed E-state index contributed by atoms with van der Waals surface area (Å²) in [6.45, 7) is 4.52. The van der Waals surface area contributed by atoms with E-state index >= 15 is 0 Å². The van der Waals surface area contributed by atoms with E-state index in [0.717, 1.165) is 38.0 Å². The average Bonchev–Trinajstić information content (AvgIpc) is 3.02. The van der Waals surface area contributed by atoms with Crippen LogP contribution in [0.15, 0.2) is 41.7 Å². The molecule has 1 aromatic carbocycles. The Labute approximate surface area is 159 Å². The molecule has 0 bridgehead atoms. The van der Waals surface area contributed by atoms with Crippen LogP contribution in [0.3, 0.4) is 0 Å². The number of hydrogen-bond acceptors (Lipinski definition) is 4. The molecule has 0 radical (unpaired) electrons. The Morgan fingerprint density at radius 2 is 1.88 bits per heavy atom. The molecule has 8 heteroatoms. The summed E-state index contributed by atoms with van der Waals surface area (Å²) in [5, 5.41) is 7.45. The van der Waals surface area contributed by atoms with Gasteiger partial charge in [-0.2, -0.15) is 5.10 Å². The number of nitrogens with zero attached hydrogens (tertiary/aromatic N) is 6. The third-order valence-electron chi connectivity index (χ3n) is 4.12. The summed E-state index contributed by atoms with van der Waals surface area (Å²) < 4.78 is 1.77. The van der Waals surface area contributed by atoms with Gasteiger partial charge in [-0.1, -0.05) is 18.2 Å². The summed E-state index contributed by atoms with van der Waals surface area (Å²) in [4.78, 5) is 13.3. The summed E-state index contributed by atoms with van der Waals surface area (Å²) in [7, 11) is 3.72. The maximum Gasteiger partial charge on any atom is 0.194 e. The molecule has 0 amide bonds. The molecular weight excluding hydrogens is 417 g/mol. The summed E-state index contributed by atoms with van der Waals surface area (Å²) >= 11 is 0. The van der Waals surface area contributed by atoms with Crippen LogP contribution in [0.1, 0.15) is 5.82 Å². The van der Waals surface area contributed by atoms with Gasteiger partial charge < -0.3 is 15.1 Å². The molecule has 0 unspecified atom stereocenters. The minimum Gasteiger partial charge on any atom is -0.368 e. The quantitative estimate of drug-likeness (QED) is 0.443. The molecule has 24 heavy (non-hydrogen) atoms. The number of piperazine rings is 1. The Morgan fingerprint density at radius 1 is 1.17 bits per heavy atom. The van der Waals surface area contributed by atoms with E-state index in [0.29, 0.717) is 6.54 Å². The Hall–Kier alpha value is -1.84. The minimum atomic E-state index is 0. The summed E-state index contributed by atoms with van der Waals surface area (Å²) in [6, 6.07) is 10.6. The monoisotopic (exact) mass is 441 g/mol. The van der Waals surface area contributed by atoms with Crippen LogP contribution in [-0.2, 0) is 13.6 Å². The van der Waals surface area contributed by atoms with Gasteiger partial charge in [0, 0.05) is 46.0 Å². The Bertz CT molecular complexity index is 647. The molecule has 1 aliphatic rings. The molecule has 130 valence electrons. The minimum absolute atomic E-state index is 0. The summed E-state index contributed by atoms with van der Waals surface area (Å²) in [5.74, 6) is 1.81. The van der Waals surface area contributed by atoms with Crippen molar-refractivity contribution in [2.75, 3.05) is 38.1 Å². The molecule has 0 saturated carbocycles. The maximum absolute atomic E-state index is 4.39. The number of aromatic nitrogens is 3. The molecule has 1 aliphatic heterocycles. The topological polar surface area (TPSA) is 61.6 Å². The highest BCUT2D eigenvalue weighted by Crippen LogP contribution is 2.15. The number of aryl methyl sites for hydroxylation is 1. The van der Waals surface area contributed by atoms with Crippen LogP contribution in [0.2, 0.25) is 0 Å². The van der Waals surface area contributed by atoms with Crippen LogP contribution in [-0.4, -0.2) is 58.9 Å². The fourth-order valence-corrected chi connectivity index (χ4v) is 2.79. The molecule has 1 saturated heterocycles. The van der Waals surface area contributed by atoms with Crippen molar-refractivity contribution >= 4 is 35.6 Å². The van der Waals surface area contributed by atoms with Crippen LogP contribution >= 0.6 is 24.0 Å². The maximum atomic E-state index is 4.39. The second-order valence-electron chi connectivity index (χ2n) is 5.51. The lowest BCUT2D eigenvalue weighted by molar-refractivity contribution is 0.371. The molecule has 7 nitrogen and oxygen atoms in total. The van der Waals surface area contributed by atoms with Crippen molar-refractivity contribution in [3.63, 3.8) is 0 Å². The number of hydrogen-bond donors (Lipinski definition) is 1. The average molecular weight is 441 g/mol. The first-order valence-electron chi connectivity index (χ1n) is 7.86. The first-order valence-corrected chi connectivity index (χ1v) is 7.86. The van der Waals surface area contributed by atoms with Gasteiger partial charge >= 0.3 is 0 Å². The van der Waals surface area contributed by atoms with E-state index in [1.165, 1.54) is 5.69 Å². The van der Waals surface area contributed by atoms with Crippen LogP contribution in [0.5, 0.6) is 0 Å². The van der Waals surface area contributed by atoms with Crippen molar-refractivity contribution in [3.05, 3.63) is 42.5 Å². The van der Waals surface area contributed by atoms with Gasteiger partial charge in [0.2, 0.25) is 0 Å². The van der Waals surface area contributed by atoms with Gasteiger partial charge in [-0.25, -0.2) is 4.98 Å². The van der Waals surface area contributed by atoms with E-state index in [-0.39, 0.29) is 24.0 Å². The molecule has 1 fully saturated rings. The summed E-state index contributed by atoms with van der Waals surface area (Å²) in [5.41, 5.74) is 1.29. The SMILES string of the molecule is CN=C(NCc1ncnn1C)N1CCN(c2ccccc2)CC1.I. The highest BCUT2D eigenvalue weighted by Gasteiger charge is 2.19. The highest BCUT2D eigenvalue weighted by molar-refractivity contribution is 14.0. The van der Waals surface area contributed by atoms with Crippen LogP contribution in [0, 0.1) is 0 Å².